The number of pyridine rings is 1. The van der Waals surface area contributed by atoms with Crippen molar-refractivity contribution in [1.82, 2.24) is 10.3 Å². The third-order valence-electron chi connectivity index (χ3n) is 3.90. The van der Waals surface area contributed by atoms with Crippen molar-refractivity contribution < 1.29 is 18.0 Å². The molecule has 1 fully saturated rings. The van der Waals surface area contributed by atoms with Crippen molar-refractivity contribution in [2.75, 3.05) is 0 Å². The Kier molecular flexibility index (Phi) is 4.55. The summed E-state index contributed by atoms with van der Waals surface area (Å²) < 4.78 is 38.2. The molecule has 1 N–H and O–H groups in total. The van der Waals surface area contributed by atoms with Crippen molar-refractivity contribution in [3.05, 3.63) is 65.5 Å². The summed E-state index contributed by atoms with van der Waals surface area (Å²) in [5.74, 6) is -0.258. The summed E-state index contributed by atoms with van der Waals surface area (Å²) in [6.07, 6.45) is -1.26. The summed E-state index contributed by atoms with van der Waals surface area (Å²) in [4.78, 5) is 20.4. The van der Waals surface area contributed by atoms with Crippen molar-refractivity contribution in [2.24, 2.45) is 4.99 Å². The van der Waals surface area contributed by atoms with Gasteiger partial charge < -0.3 is 5.32 Å². The molecule has 0 spiro atoms. The highest BCUT2D eigenvalue weighted by molar-refractivity contribution is 8.15. The molecule has 0 aliphatic carbocycles. The molecule has 1 aromatic heterocycles. The van der Waals surface area contributed by atoms with E-state index in [4.69, 9.17) is 0 Å². The van der Waals surface area contributed by atoms with Crippen LogP contribution in [0.25, 0.3) is 0 Å². The van der Waals surface area contributed by atoms with Crippen LogP contribution in [0.15, 0.2) is 53.8 Å². The minimum Gasteiger partial charge on any atom is -0.304 e. The predicted molar refractivity (Wildman–Crippen MR) is 89.9 cm³/mol. The zero-order valence-electron chi connectivity index (χ0n) is 13.2. The Hall–Kier alpha value is -2.35. The number of halogens is 3. The van der Waals surface area contributed by atoms with Crippen LogP contribution in [0.4, 0.5) is 13.2 Å². The SMILES string of the molecule is CC1(c2ccncc2)SC(=NCc2ccccc2C(F)(F)F)NC1=O. The average Bonchev–Trinajstić information content (AvgIpc) is 2.89. The summed E-state index contributed by atoms with van der Waals surface area (Å²) in [6.45, 7) is 1.58. The topological polar surface area (TPSA) is 54.4 Å². The molecule has 25 heavy (non-hydrogen) atoms. The molecule has 1 aromatic carbocycles. The number of nitrogens with zero attached hydrogens (tertiary/aromatic N) is 2. The van der Waals surface area contributed by atoms with Gasteiger partial charge in [0.2, 0.25) is 5.91 Å². The molecule has 1 aliphatic heterocycles. The van der Waals surface area contributed by atoms with Gasteiger partial charge in [-0.25, -0.2) is 0 Å². The van der Waals surface area contributed by atoms with E-state index in [2.05, 4.69) is 15.3 Å². The van der Waals surface area contributed by atoms with Gasteiger partial charge in [-0.05, 0) is 36.2 Å². The molecule has 1 atom stereocenters. The Labute approximate surface area is 146 Å². The lowest BCUT2D eigenvalue weighted by molar-refractivity contribution is -0.138. The molecular weight excluding hydrogens is 351 g/mol. The molecule has 130 valence electrons. The fourth-order valence-electron chi connectivity index (χ4n) is 2.51. The number of rotatable bonds is 3. The summed E-state index contributed by atoms with van der Waals surface area (Å²) in [5, 5.41) is 2.95. The highest BCUT2D eigenvalue weighted by Gasteiger charge is 2.44. The van der Waals surface area contributed by atoms with E-state index in [1.54, 1.807) is 31.5 Å². The zero-order valence-corrected chi connectivity index (χ0v) is 14.0. The van der Waals surface area contributed by atoms with Gasteiger partial charge in [0.25, 0.3) is 0 Å². The number of alkyl halides is 3. The first kappa shape index (κ1) is 17.5. The second-order valence-electron chi connectivity index (χ2n) is 5.60. The number of hydrogen-bond acceptors (Lipinski definition) is 4. The highest BCUT2D eigenvalue weighted by atomic mass is 32.2. The number of nitrogens with one attached hydrogen (secondary N) is 1. The van der Waals surface area contributed by atoms with E-state index in [9.17, 15) is 18.0 Å². The molecule has 1 amide bonds. The number of aromatic nitrogens is 1. The first-order chi connectivity index (χ1) is 11.8. The van der Waals surface area contributed by atoms with E-state index in [1.807, 2.05) is 0 Å². The normalized spacial score (nSPS) is 22.2. The van der Waals surface area contributed by atoms with Gasteiger partial charge in [0, 0.05) is 12.4 Å². The Bertz CT molecular complexity index is 823. The van der Waals surface area contributed by atoms with E-state index in [1.165, 1.54) is 30.0 Å². The van der Waals surface area contributed by atoms with Crippen LogP contribution in [-0.2, 0) is 22.3 Å². The van der Waals surface area contributed by atoms with E-state index in [-0.39, 0.29) is 18.0 Å². The summed E-state index contributed by atoms with van der Waals surface area (Å²) in [6, 6.07) is 8.74. The van der Waals surface area contributed by atoms with Crippen LogP contribution in [0.1, 0.15) is 23.6 Å². The largest absolute Gasteiger partial charge is 0.416 e. The highest BCUT2D eigenvalue weighted by Crippen LogP contribution is 2.41. The van der Waals surface area contributed by atoms with Crippen molar-refractivity contribution in [2.45, 2.75) is 24.4 Å². The number of carbonyl (C=O) groups excluding carboxylic acids is 1. The number of benzene rings is 1. The summed E-state index contributed by atoms with van der Waals surface area (Å²) >= 11 is 1.19. The molecule has 0 saturated carbocycles. The fourth-order valence-corrected chi connectivity index (χ4v) is 3.56. The second-order valence-corrected chi connectivity index (χ2v) is 7.01. The van der Waals surface area contributed by atoms with Gasteiger partial charge in [0.1, 0.15) is 4.75 Å². The molecule has 1 unspecified atom stereocenters. The third-order valence-corrected chi connectivity index (χ3v) is 5.16. The molecule has 3 rings (SSSR count). The third kappa shape index (κ3) is 3.53. The van der Waals surface area contributed by atoms with E-state index in [0.717, 1.165) is 11.6 Å². The van der Waals surface area contributed by atoms with Gasteiger partial charge in [-0.2, -0.15) is 13.2 Å². The van der Waals surface area contributed by atoms with Crippen molar-refractivity contribution in [1.29, 1.82) is 0 Å². The monoisotopic (exact) mass is 365 g/mol. The van der Waals surface area contributed by atoms with Crippen molar-refractivity contribution in [3.63, 3.8) is 0 Å². The van der Waals surface area contributed by atoms with Gasteiger partial charge in [-0.1, -0.05) is 30.0 Å². The first-order valence-corrected chi connectivity index (χ1v) is 8.23. The molecule has 0 radical (unpaired) electrons. The number of aliphatic imine (C=N–C) groups is 1. The van der Waals surface area contributed by atoms with Gasteiger partial charge in [0.05, 0.1) is 12.1 Å². The van der Waals surface area contributed by atoms with Crippen molar-refractivity contribution in [3.8, 4) is 0 Å². The number of thioether (sulfide) groups is 1. The van der Waals surface area contributed by atoms with Crippen molar-refractivity contribution >= 4 is 22.8 Å². The van der Waals surface area contributed by atoms with Crippen LogP contribution >= 0.6 is 11.8 Å². The zero-order chi connectivity index (χ0) is 18.1. The Morgan fingerprint density at radius 1 is 1.20 bits per heavy atom. The van der Waals surface area contributed by atoms with Gasteiger partial charge in [-0.15, -0.1) is 0 Å². The lowest BCUT2D eigenvalue weighted by atomic mass is 10.0. The Morgan fingerprint density at radius 3 is 2.56 bits per heavy atom. The lowest BCUT2D eigenvalue weighted by Gasteiger charge is -2.18. The number of carbonyl (C=O) groups is 1. The van der Waals surface area contributed by atoms with Crippen LogP contribution < -0.4 is 5.32 Å². The maximum atomic E-state index is 13.0. The lowest BCUT2D eigenvalue weighted by Crippen LogP contribution is -2.31. The molecule has 4 nitrogen and oxygen atoms in total. The van der Waals surface area contributed by atoms with Gasteiger partial charge >= 0.3 is 6.18 Å². The standard InChI is InChI=1S/C17H14F3N3OS/c1-16(12-6-8-21-9-7-12)14(24)23-15(25-16)22-10-11-4-2-3-5-13(11)17(18,19)20/h2-9H,10H2,1H3,(H,22,23,24). The number of amidine groups is 1. The van der Waals surface area contributed by atoms with E-state index >= 15 is 0 Å². The molecule has 0 bridgehead atoms. The van der Waals surface area contributed by atoms with Gasteiger partial charge in [0.15, 0.2) is 5.17 Å². The van der Waals surface area contributed by atoms with Crippen LogP contribution in [-0.4, -0.2) is 16.1 Å². The molecule has 1 aliphatic rings. The molecular formula is C17H14F3N3OS. The fraction of sp³-hybridized carbons (Fsp3) is 0.235. The minimum atomic E-state index is -4.44. The van der Waals surface area contributed by atoms with Crippen LogP contribution in [0.2, 0.25) is 0 Å². The summed E-state index contributed by atoms with van der Waals surface area (Å²) in [7, 11) is 0. The van der Waals surface area contributed by atoms with Gasteiger partial charge in [-0.3, -0.25) is 14.8 Å². The molecule has 1 saturated heterocycles. The minimum absolute atomic E-state index is 0.0647. The molecule has 2 aromatic rings. The van der Waals surface area contributed by atoms with E-state index < -0.39 is 16.5 Å². The average molecular weight is 365 g/mol. The predicted octanol–water partition coefficient (Wildman–Crippen LogP) is 3.73. The van der Waals surface area contributed by atoms with Crippen LogP contribution in [0, 0.1) is 0 Å². The first-order valence-electron chi connectivity index (χ1n) is 7.41. The Balaban J connectivity index is 1.83. The molecule has 2 heterocycles. The van der Waals surface area contributed by atoms with Crippen LogP contribution in [0.5, 0.6) is 0 Å². The smallest absolute Gasteiger partial charge is 0.304 e. The Morgan fingerprint density at radius 2 is 1.88 bits per heavy atom. The number of hydrogen-bond donors (Lipinski definition) is 1. The van der Waals surface area contributed by atoms with E-state index in [0.29, 0.717) is 5.17 Å². The maximum absolute atomic E-state index is 13.0. The number of amides is 1. The summed E-state index contributed by atoms with van der Waals surface area (Å²) in [5.41, 5.74) is 0.103. The quantitative estimate of drug-likeness (QED) is 0.902. The maximum Gasteiger partial charge on any atom is 0.416 e. The van der Waals surface area contributed by atoms with Crippen LogP contribution in [0.3, 0.4) is 0 Å². The second kappa shape index (κ2) is 6.51. The molecule has 8 heteroatoms.